The molecule has 0 saturated heterocycles. The van der Waals surface area contributed by atoms with E-state index in [9.17, 15) is 10.2 Å². The fourth-order valence-electron chi connectivity index (χ4n) is 1.66. The van der Waals surface area contributed by atoms with Gasteiger partial charge >= 0.3 is 0 Å². The van der Waals surface area contributed by atoms with E-state index in [4.69, 9.17) is 4.74 Å². The van der Waals surface area contributed by atoms with Gasteiger partial charge in [0.1, 0.15) is 0 Å². The van der Waals surface area contributed by atoms with Crippen LogP contribution >= 0.6 is 0 Å². The maximum absolute atomic E-state index is 10.1. The molecule has 0 rings (SSSR count). The highest BCUT2D eigenvalue weighted by atomic mass is 16.5. The van der Waals surface area contributed by atoms with Crippen molar-refractivity contribution in [2.24, 2.45) is 5.92 Å². The molecule has 0 spiro atoms. The van der Waals surface area contributed by atoms with Gasteiger partial charge in [-0.15, -0.1) is 0 Å². The largest absolute Gasteiger partial charge is 0.390 e. The Kier molecular flexibility index (Phi) is 6.33. The van der Waals surface area contributed by atoms with Crippen LogP contribution in [0.25, 0.3) is 0 Å². The van der Waals surface area contributed by atoms with Crippen LogP contribution in [0.15, 0.2) is 0 Å². The molecule has 3 nitrogen and oxygen atoms in total. The molecule has 0 saturated carbocycles. The van der Waals surface area contributed by atoms with Gasteiger partial charge in [0.25, 0.3) is 0 Å². The predicted octanol–water partition coefficient (Wildman–Crippen LogP) is 1.57. The first-order chi connectivity index (χ1) is 6.51. The minimum Gasteiger partial charge on any atom is -0.390 e. The topological polar surface area (TPSA) is 49.7 Å². The Hall–Kier alpha value is -0.120. The van der Waals surface area contributed by atoms with Crippen molar-refractivity contribution in [1.29, 1.82) is 0 Å². The summed E-state index contributed by atoms with van der Waals surface area (Å²) in [6.45, 7) is 6.37. The number of aliphatic hydroxyl groups excluding tert-OH is 1. The van der Waals surface area contributed by atoms with Gasteiger partial charge in [-0.1, -0.05) is 20.8 Å². The van der Waals surface area contributed by atoms with Gasteiger partial charge in [0, 0.05) is 13.7 Å². The number of hydrogen-bond acceptors (Lipinski definition) is 3. The number of aliphatic hydroxyl groups is 2. The smallest absolute Gasteiger partial charge is 0.0902 e. The van der Waals surface area contributed by atoms with Crippen molar-refractivity contribution in [2.75, 3.05) is 13.7 Å². The predicted molar refractivity (Wildman–Crippen MR) is 57.2 cm³/mol. The lowest BCUT2D eigenvalue weighted by Gasteiger charge is -2.34. The summed E-state index contributed by atoms with van der Waals surface area (Å²) < 4.78 is 4.95. The van der Waals surface area contributed by atoms with Crippen molar-refractivity contribution in [3.63, 3.8) is 0 Å². The van der Waals surface area contributed by atoms with E-state index in [-0.39, 0.29) is 5.92 Å². The summed E-state index contributed by atoms with van der Waals surface area (Å²) in [5, 5.41) is 20.0. The molecule has 0 bridgehead atoms. The Morgan fingerprint density at radius 3 is 2.14 bits per heavy atom. The maximum Gasteiger partial charge on any atom is 0.0902 e. The van der Waals surface area contributed by atoms with Crippen LogP contribution in [0, 0.1) is 5.92 Å². The second kappa shape index (κ2) is 6.38. The molecular weight excluding hydrogens is 180 g/mol. The van der Waals surface area contributed by atoms with Crippen LogP contribution in [0.1, 0.15) is 40.0 Å². The molecule has 0 fully saturated rings. The second-order valence-corrected chi connectivity index (χ2v) is 4.01. The first-order valence-electron chi connectivity index (χ1n) is 5.41. The third-order valence-corrected chi connectivity index (χ3v) is 3.09. The van der Waals surface area contributed by atoms with Crippen LogP contribution in [-0.2, 0) is 4.74 Å². The van der Waals surface area contributed by atoms with E-state index in [0.29, 0.717) is 19.4 Å². The first-order valence-corrected chi connectivity index (χ1v) is 5.41. The molecule has 0 heterocycles. The fourth-order valence-corrected chi connectivity index (χ4v) is 1.66. The fraction of sp³-hybridized carbons (Fsp3) is 1.00. The lowest BCUT2D eigenvalue weighted by Crippen LogP contribution is -2.45. The number of rotatable bonds is 7. The van der Waals surface area contributed by atoms with Crippen LogP contribution in [0.5, 0.6) is 0 Å². The highest BCUT2D eigenvalue weighted by Crippen LogP contribution is 2.26. The van der Waals surface area contributed by atoms with Gasteiger partial charge in [0.15, 0.2) is 0 Å². The zero-order valence-electron chi connectivity index (χ0n) is 9.79. The van der Waals surface area contributed by atoms with Gasteiger partial charge in [0.2, 0.25) is 0 Å². The monoisotopic (exact) mass is 204 g/mol. The van der Waals surface area contributed by atoms with Gasteiger partial charge in [-0.05, 0) is 25.2 Å². The zero-order chi connectivity index (χ0) is 11.2. The summed E-state index contributed by atoms with van der Waals surface area (Å²) in [4.78, 5) is 0. The summed E-state index contributed by atoms with van der Waals surface area (Å²) in [7, 11) is 1.64. The first kappa shape index (κ1) is 13.9. The molecule has 86 valence electrons. The van der Waals surface area contributed by atoms with Crippen molar-refractivity contribution in [2.45, 2.75) is 51.7 Å². The van der Waals surface area contributed by atoms with E-state index < -0.39 is 11.7 Å². The number of hydrogen-bond donors (Lipinski definition) is 2. The molecule has 0 aromatic carbocycles. The SMILES string of the molecule is CCC(O)(CC)C(O)C(C)CCOC. The van der Waals surface area contributed by atoms with Crippen LogP contribution in [0.4, 0.5) is 0 Å². The molecule has 0 aliphatic carbocycles. The Morgan fingerprint density at radius 2 is 1.79 bits per heavy atom. The summed E-state index contributed by atoms with van der Waals surface area (Å²) in [6.07, 6.45) is 1.29. The summed E-state index contributed by atoms with van der Waals surface area (Å²) in [5.41, 5.74) is -0.937. The van der Waals surface area contributed by atoms with Gasteiger partial charge in [0.05, 0.1) is 11.7 Å². The lowest BCUT2D eigenvalue weighted by atomic mass is 9.82. The molecule has 0 aliphatic rings. The lowest BCUT2D eigenvalue weighted by molar-refractivity contribution is -0.105. The van der Waals surface area contributed by atoms with E-state index in [2.05, 4.69) is 0 Å². The van der Waals surface area contributed by atoms with E-state index in [1.807, 2.05) is 20.8 Å². The van der Waals surface area contributed by atoms with E-state index >= 15 is 0 Å². The Bertz CT molecular complexity index is 143. The molecule has 0 aliphatic heterocycles. The molecule has 0 amide bonds. The van der Waals surface area contributed by atoms with Crippen molar-refractivity contribution in [1.82, 2.24) is 0 Å². The van der Waals surface area contributed by atoms with E-state index in [0.717, 1.165) is 6.42 Å². The molecule has 0 radical (unpaired) electrons. The number of methoxy groups -OCH3 is 1. The molecular formula is C11H24O3. The highest BCUT2D eigenvalue weighted by molar-refractivity contribution is 4.86. The minimum absolute atomic E-state index is 0.0693. The third-order valence-electron chi connectivity index (χ3n) is 3.09. The van der Waals surface area contributed by atoms with Crippen LogP contribution in [-0.4, -0.2) is 35.6 Å². The van der Waals surface area contributed by atoms with E-state index in [1.165, 1.54) is 0 Å². The molecule has 2 atom stereocenters. The molecule has 14 heavy (non-hydrogen) atoms. The number of ether oxygens (including phenoxy) is 1. The molecule has 0 aromatic heterocycles. The van der Waals surface area contributed by atoms with Crippen molar-refractivity contribution < 1.29 is 14.9 Å². The van der Waals surface area contributed by atoms with Crippen LogP contribution in [0.2, 0.25) is 0 Å². The molecule has 2 N–H and O–H groups in total. The van der Waals surface area contributed by atoms with Crippen LogP contribution < -0.4 is 0 Å². The van der Waals surface area contributed by atoms with Gasteiger partial charge in [-0.3, -0.25) is 0 Å². The van der Waals surface area contributed by atoms with Crippen molar-refractivity contribution in [3.8, 4) is 0 Å². The maximum atomic E-state index is 10.1. The molecule has 2 unspecified atom stereocenters. The standard InChI is InChI=1S/C11H24O3/c1-5-11(13,6-2)10(12)9(3)7-8-14-4/h9-10,12-13H,5-8H2,1-4H3. The minimum atomic E-state index is -0.937. The van der Waals surface area contributed by atoms with Crippen molar-refractivity contribution in [3.05, 3.63) is 0 Å². The van der Waals surface area contributed by atoms with Crippen LogP contribution in [0.3, 0.4) is 0 Å². The average Bonchev–Trinajstić information content (AvgIpc) is 2.23. The molecule has 3 heteroatoms. The summed E-state index contributed by atoms with van der Waals surface area (Å²) >= 11 is 0. The quantitative estimate of drug-likeness (QED) is 0.662. The van der Waals surface area contributed by atoms with Crippen molar-refractivity contribution >= 4 is 0 Å². The summed E-state index contributed by atoms with van der Waals surface area (Å²) in [5.74, 6) is 0.0693. The van der Waals surface area contributed by atoms with Gasteiger partial charge in [-0.25, -0.2) is 0 Å². The highest BCUT2D eigenvalue weighted by Gasteiger charge is 2.35. The normalized spacial score (nSPS) is 16.7. The third kappa shape index (κ3) is 3.56. The van der Waals surface area contributed by atoms with Gasteiger partial charge in [-0.2, -0.15) is 0 Å². The second-order valence-electron chi connectivity index (χ2n) is 4.01. The Labute approximate surface area is 87.1 Å². The Balaban J connectivity index is 4.19. The summed E-state index contributed by atoms with van der Waals surface area (Å²) in [6, 6.07) is 0. The van der Waals surface area contributed by atoms with E-state index in [1.54, 1.807) is 7.11 Å². The Morgan fingerprint density at radius 1 is 1.29 bits per heavy atom. The zero-order valence-corrected chi connectivity index (χ0v) is 9.79. The molecule has 0 aromatic rings. The average molecular weight is 204 g/mol. The van der Waals surface area contributed by atoms with Gasteiger partial charge < -0.3 is 14.9 Å².